The summed E-state index contributed by atoms with van der Waals surface area (Å²) in [4.78, 5) is 25.2. The Morgan fingerprint density at radius 2 is 1.53 bits per heavy atom. The number of nitrogens with zero attached hydrogens (tertiary/aromatic N) is 5. The zero-order valence-corrected chi connectivity index (χ0v) is 15.2. The number of rotatable bonds is 5. The number of nitro groups is 2. The molecule has 0 atom stereocenters. The van der Waals surface area contributed by atoms with Crippen LogP contribution in [0.5, 0.6) is 0 Å². The number of halogens is 1. The van der Waals surface area contributed by atoms with E-state index in [4.69, 9.17) is 0 Å². The lowest BCUT2D eigenvalue weighted by Crippen LogP contribution is -2.04. The number of non-ortho nitro benzene ring substituents is 1. The van der Waals surface area contributed by atoms with Gasteiger partial charge in [-0.1, -0.05) is 0 Å². The molecule has 0 aliphatic carbocycles. The third-order valence-corrected chi connectivity index (χ3v) is 4.42. The average Bonchev–Trinajstić information content (AvgIpc) is 3.19. The summed E-state index contributed by atoms with van der Waals surface area (Å²) in [7, 11) is 0. The fraction of sp³-hybridized carbons (Fsp3) is 0. The first-order chi connectivity index (χ1) is 14.4. The van der Waals surface area contributed by atoms with Crippen molar-refractivity contribution in [3.8, 4) is 28.2 Å². The number of pyridine rings is 1. The maximum absolute atomic E-state index is 13.4. The van der Waals surface area contributed by atoms with Gasteiger partial charge in [0.05, 0.1) is 27.3 Å². The summed E-state index contributed by atoms with van der Waals surface area (Å²) >= 11 is 0. The number of benzene rings is 2. The van der Waals surface area contributed by atoms with Crippen LogP contribution < -0.4 is 0 Å². The van der Waals surface area contributed by atoms with Gasteiger partial charge in [-0.2, -0.15) is 5.10 Å². The van der Waals surface area contributed by atoms with Crippen molar-refractivity contribution in [2.24, 2.45) is 0 Å². The van der Waals surface area contributed by atoms with Crippen LogP contribution in [0.15, 0.2) is 73.1 Å². The topological polar surface area (TPSA) is 117 Å². The Hall–Kier alpha value is -4.47. The Bertz CT molecular complexity index is 1260. The second-order valence-corrected chi connectivity index (χ2v) is 6.26. The van der Waals surface area contributed by atoms with E-state index in [2.05, 4.69) is 10.1 Å². The van der Waals surface area contributed by atoms with Crippen LogP contribution in [-0.4, -0.2) is 24.6 Å². The van der Waals surface area contributed by atoms with Crippen molar-refractivity contribution in [3.05, 3.63) is 99.1 Å². The maximum Gasteiger partial charge on any atom is 0.301 e. The Kier molecular flexibility index (Phi) is 4.72. The van der Waals surface area contributed by atoms with Crippen molar-refractivity contribution in [2.75, 3.05) is 0 Å². The number of hydrogen-bond acceptors (Lipinski definition) is 6. The molecular formula is C20H12FN5O4. The summed E-state index contributed by atoms with van der Waals surface area (Å²) in [5.74, 6) is -0.430. The van der Waals surface area contributed by atoms with Gasteiger partial charge in [-0.25, -0.2) is 9.07 Å². The molecule has 0 saturated heterocycles. The van der Waals surface area contributed by atoms with Gasteiger partial charge in [0, 0.05) is 29.6 Å². The van der Waals surface area contributed by atoms with Gasteiger partial charge in [-0.15, -0.1) is 0 Å². The predicted octanol–water partition coefficient (Wildman–Crippen LogP) is 4.56. The van der Waals surface area contributed by atoms with Gasteiger partial charge < -0.3 is 0 Å². The molecule has 0 bridgehead atoms. The first-order valence-electron chi connectivity index (χ1n) is 8.63. The minimum Gasteiger partial charge on any atom is -0.265 e. The van der Waals surface area contributed by atoms with E-state index in [1.54, 1.807) is 30.6 Å². The molecule has 0 aliphatic heterocycles. The highest BCUT2D eigenvalue weighted by Gasteiger charge is 2.24. The molecule has 0 amide bonds. The van der Waals surface area contributed by atoms with Crippen LogP contribution in [0, 0.1) is 26.0 Å². The number of aromatic nitrogens is 3. The highest BCUT2D eigenvalue weighted by Crippen LogP contribution is 2.34. The molecule has 0 unspecified atom stereocenters. The Balaban J connectivity index is 1.97. The van der Waals surface area contributed by atoms with Crippen LogP contribution in [0.2, 0.25) is 0 Å². The van der Waals surface area contributed by atoms with E-state index in [1.807, 2.05) is 0 Å². The van der Waals surface area contributed by atoms with Crippen molar-refractivity contribution < 1.29 is 14.2 Å². The van der Waals surface area contributed by atoms with Gasteiger partial charge in [-0.05, 0) is 48.5 Å². The lowest BCUT2D eigenvalue weighted by Gasteiger charge is -2.08. The third-order valence-electron chi connectivity index (χ3n) is 4.42. The molecule has 0 fully saturated rings. The van der Waals surface area contributed by atoms with Crippen molar-refractivity contribution in [1.29, 1.82) is 0 Å². The Morgan fingerprint density at radius 1 is 0.833 bits per heavy atom. The van der Waals surface area contributed by atoms with Gasteiger partial charge >= 0.3 is 5.69 Å². The van der Waals surface area contributed by atoms with Crippen molar-refractivity contribution in [3.63, 3.8) is 0 Å². The minimum atomic E-state index is -0.705. The zero-order valence-electron chi connectivity index (χ0n) is 15.2. The van der Waals surface area contributed by atoms with E-state index in [1.165, 1.54) is 41.1 Å². The van der Waals surface area contributed by atoms with Crippen LogP contribution >= 0.6 is 0 Å². The molecule has 0 saturated carbocycles. The van der Waals surface area contributed by atoms with Crippen LogP contribution in [0.25, 0.3) is 28.2 Å². The molecule has 9 nitrogen and oxygen atoms in total. The van der Waals surface area contributed by atoms with E-state index >= 15 is 0 Å². The van der Waals surface area contributed by atoms with Gasteiger partial charge in [-0.3, -0.25) is 25.2 Å². The molecule has 10 heteroatoms. The molecular weight excluding hydrogens is 393 g/mol. The first-order valence-corrected chi connectivity index (χ1v) is 8.63. The molecule has 2 aromatic carbocycles. The fourth-order valence-corrected chi connectivity index (χ4v) is 3.01. The monoisotopic (exact) mass is 405 g/mol. The van der Waals surface area contributed by atoms with Crippen LogP contribution in [0.3, 0.4) is 0 Å². The normalized spacial score (nSPS) is 10.7. The summed E-state index contributed by atoms with van der Waals surface area (Å²) in [6.07, 6.45) is 3.17. The van der Waals surface area contributed by atoms with E-state index in [0.717, 1.165) is 11.6 Å². The highest BCUT2D eigenvalue weighted by atomic mass is 19.1. The lowest BCUT2D eigenvalue weighted by molar-refractivity contribution is -0.394. The van der Waals surface area contributed by atoms with E-state index in [0.29, 0.717) is 17.0 Å². The van der Waals surface area contributed by atoms with Gasteiger partial charge in [0.15, 0.2) is 0 Å². The molecule has 148 valence electrons. The lowest BCUT2D eigenvalue weighted by atomic mass is 10.1. The molecule has 0 aliphatic rings. The molecule has 4 rings (SSSR count). The largest absolute Gasteiger partial charge is 0.301 e. The summed E-state index contributed by atoms with van der Waals surface area (Å²) in [5, 5.41) is 27.2. The van der Waals surface area contributed by atoms with Crippen LogP contribution in [-0.2, 0) is 0 Å². The van der Waals surface area contributed by atoms with Gasteiger partial charge in [0.1, 0.15) is 11.5 Å². The second kappa shape index (κ2) is 7.51. The number of hydrogen-bond donors (Lipinski definition) is 0. The second-order valence-electron chi connectivity index (χ2n) is 6.26. The van der Waals surface area contributed by atoms with Crippen molar-refractivity contribution in [1.82, 2.24) is 14.8 Å². The fourth-order valence-electron chi connectivity index (χ4n) is 3.01. The van der Waals surface area contributed by atoms with Crippen molar-refractivity contribution in [2.45, 2.75) is 0 Å². The highest BCUT2D eigenvalue weighted by molar-refractivity contribution is 5.72. The summed E-state index contributed by atoms with van der Waals surface area (Å²) < 4.78 is 14.7. The smallest absolute Gasteiger partial charge is 0.265 e. The van der Waals surface area contributed by atoms with Crippen LogP contribution in [0.4, 0.5) is 15.8 Å². The number of nitro benzene ring substituents is 2. The molecule has 2 aromatic heterocycles. The molecule has 0 spiro atoms. The Labute approximate surface area is 168 Å². The quantitative estimate of drug-likeness (QED) is 0.355. The molecule has 2 heterocycles. The van der Waals surface area contributed by atoms with Crippen LogP contribution in [0.1, 0.15) is 0 Å². The maximum atomic E-state index is 13.4. The Morgan fingerprint density at radius 3 is 2.17 bits per heavy atom. The summed E-state index contributed by atoms with van der Waals surface area (Å²) in [5.41, 5.74) is 1.41. The standard InChI is InChI=1S/C20H12FN5O4/c21-15-3-1-14(2-4-15)19-12-17(13-7-9-22-10-8-13)23-24(19)18-6-5-16(25(27)28)11-20(18)26(29)30/h1-12H. The SMILES string of the molecule is O=[N+]([O-])c1ccc(-n2nc(-c3ccncc3)cc2-c2ccc(F)cc2)c([N+](=O)[O-])c1. The van der Waals surface area contributed by atoms with E-state index in [-0.39, 0.29) is 5.69 Å². The summed E-state index contributed by atoms with van der Waals surface area (Å²) in [6, 6.07) is 14.1. The predicted molar refractivity (Wildman–Crippen MR) is 105 cm³/mol. The first kappa shape index (κ1) is 18.9. The average molecular weight is 405 g/mol. The molecule has 0 N–H and O–H groups in total. The zero-order chi connectivity index (χ0) is 21.3. The third kappa shape index (κ3) is 3.49. The van der Waals surface area contributed by atoms with E-state index < -0.39 is 27.0 Å². The molecule has 0 radical (unpaired) electrons. The molecule has 4 aromatic rings. The van der Waals surface area contributed by atoms with E-state index in [9.17, 15) is 24.6 Å². The minimum absolute atomic E-state index is 0.0465. The van der Waals surface area contributed by atoms with Gasteiger partial charge in [0.25, 0.3) is 5.69 Å². The summed E-state index contributed by atoms with van der Waals surface area (Å²) in [6.45, 7) is 0. The van der Waals surface area contributed by atoms with Gasteiger partial charge in [0.2, 0.25) is 0 Å². The van der Waals surface area contributed by atoms with Crippen molar-refractivity contribution >= 4 is 11.4 Å². The molecule has 30 heavy (non-hydrogen) atoms.